The highest BCUT2D eigenvalue weighted by Gasteiger charge is 2.18. The first-order chi connectivity index (χ1) is 27.7. The van der Waals surface area contributed by atoms with E-state index in [4.69, 9.17) is 19.4 Å². The van der Waals surface area contributed by atoms with E-state index in [1.807, 2.05) is 47.7 Å². The van der Waals surface area contributed by atoms with Gasteiger partial charge in [-0.1, -0.05) is 146 Å². The number of aromatic nitrogens is 3. The van der Waals surface area contributed by atoms with Crippen LogP contribution in [0.15, 0.2) is 192 Å². The van der Waals surface area contributed by atoms with Crippen molar-refractivity contribution in [2.75, 3.05) is 0 Å². The highest BCUT2D eigenvalue weighted by Crippen LogP contribution is 2.43. The molecule has 4 nitrogen and oxygen atoms in total. The van der Waals surface area contributed by atoms with E-state index in [1.54, 1.807) is 0 Å². The number of hydrogen-bond acceptors (Lipinski definition) is 5. The van der Waals surface area contributed by atoms with Crippen LogP contribution in [-0.2, 0) is 0 Å². The van der Waals surface area contributed by atoms with Gasteiger partial charge in [0.1, 0.15) is 11.2 Å². The van der Waals surface area contributed by atoms with Crippen LogP contribution in [0, 0.1) is 0 Å². The zero-order chi connectivity index (χ0) is 37.0. The molecule has 0 saturated carbocycles. The average molecular weight is 734 g/mol. The minimum Gasteiger partial charge on any atom is -0.456 e. The zero-order valence-corrected chi connectivity index (χ0v) is 30.9. The molecule has 56 heavy (non-hydrogen) atoms. The van der Waals surface area contributed by atoms with Crippen LogP contribution in [0.4, 0.5) is 0 Å². The Balaban J connectivity index is 1.02. The summed E-state index contributed by atoms with van der Waals surface area (Å²) in [7, 11) is 0. The van der Waals surface area contributed by atoms with Gasteiger partial charge in [0.2, 0.25) is 0 Å². The molecule has 11 rings (SSSR count). The van der Waals surface area contributed by atoms with E-state index < -0.39 is 0 Å². The van der Waals surface area contributed by atoms with Gasteiger partial charge in [-0.3, -0.25) is 0 Å². The first-order valence-corrected chi connectivity index (χ1v) is 19.5. The average Bonchev–Trinajstić information content (AvgIpc) is 3.83. The first kappa shape index (κ1) is 32.2. The Morgan fingerprint density at radius 3 is 1.45 bits per heavy atom. The third-order valence-electron chi connectivity index (χ3n) is 10.6. The summed E-state index contributed by atoms with van der Waals surface area (Å²) in [5.74, 6) is 1.83. The van der Waals surface area contributed by atoms with Crippen LogP contribution >= 0.6 is 11.3 Å². The van der Waals surface area contributed by atoms with Gasteiger partial charge < -0.3 is 4.42 Å². The van der Waals surface area contributed by atoms with Crippen molar-refractivity contribution in [1.82, 2.24) is 15.0 Å². The summed E-state index contributed by atoms with van der Waals surface area (Å²) in [5, 5.41) is 4.69. The molecule has 5 heteroatoms. The Hall–Kier alpha value is -7.21. The standard InChI is InChI=1S/C51H31N3OS/c1-4-12-32(13-5-1)33-20-22-36(23-21-33)50-52-49(35-16-8-3-9-17-35)53-51(54-50)38-25-27-40-39-26-24-37(28-45(39)55-46(40)29-38)43-31-48-44(41-18-10-11-19-47(41)56-48)30-42(43)34-14-6-2-7-15-34/h1-31H. The normalized spacial score (nSPS) is 11.6. The SMILES string of the molecule is c1ccc(-c2ccc(-c3nc(-c4ccccc4)nc(-c4ccc5c(c4)oc4cc(-c6cc7sc8ccccc8c7cc6-c6ccccc6)ccc45)n3)cc2)cc1. The molecule has 0 aliphatic rings. The van der Waals surface area contributed by atoms with Gasteiger partial charge in [-0.2, -0.15) is 0 Å². The van der Waals surface area contributed by atoms with Gasteiger partial charge in [-0.15, -0.1) is 11.3 Å². The van der Waals surface area contributed by atoms with Crippen LogP contribution in [-0.4, -0.2) is 15.0 Å². The van der Waals surface area contributed by atoms with Crippen molar-refractivity contribution >= 4 is 53.4 Å². The van der Waals surface area contributed by atoms with Gasteiger partial charge >= 0.3 is 0 Å². The summed E-state index contributed by atoms with van der Waals surface area (Å²) < 4.78 is 9.24. The van der Waals surface area contributed by atoms with E-state index >= 15 is 0 Å². The fourth-order valence-corrected chi connectivity index (χ4v) is 8.87. The second-order valence-electron chi connectivity index (χ2n) is 14.0. The van der Waals surface area contributed by atoms with Gasteiger partial charge in [0.15, 0.2) is 17.5 Å². The molecule has 3 aromatic heterocycles. The topological polar surface area (TPSA) is 51.8 Å². The number of rotatable bonds is 6. The molecule has 0 aliphatic heterocycles. The molecule has 11 aromatic rings. The summed E-state index contributed by atoms with van der Waals surface area (Å²) in [6.07, 6.45) is 0. The maximum Gasteiger partial charge on any atom is 0.164 e. The fourth-order valence-electron chi connectivity index (χ4n) is 7.74. The third-order valence-corrected chi connectivity index (χ3v) is 11.7. The predicted octanol–water partition coefficient (Wildman–Crippen LogP) is 14.1. The fraction of sp³-hybridized carbons (Fsp3) is 0. The van der Waals surface area contributed by atoms with E-state index in [9.17, 15) is 0 Å². The number of fused-ring (bicyclic) bond motifs is 6. The number of nitrogens with zero attached hydrogens (tertiary/aromatic N) is 3. The molecule has 0 bridgehead atoms. The molecule has 0 radical (unpaired) electrons. The van der Waals surface area contributed by atoms with Crippen molar-refractivity contribution in [2.24, 2.45) is 0 Å². The van der Waals surface area contributed by atoms with Crippen molar-refractivity contribution in [3.05, 3.63) is 188 Å². The highest BCUT2D eigenvalue weighted by molar-refractivity contribution is 7.25. The smallest absolute Gasteiger partial charge is 0.164 e. The van der Waals surface area contributed by atoms with Crippen molar-refractivity contribution < 1.29 is 4.42 Å². The Morgan fingerprint density at radius 1 is 0.304 bits per heavy atom. The lowest BCUT2D eigenvalue weighted by atomic mass is 9.92. The monoisotopic (exact) mass is 733 g/mol. The molecule has 0 saturated heterocycles. The van der Waals surface area contributed by atoms with E-state index in [0.717, 1.165) is 49.8 Å². The quantitative estimate of drug-likeness (QED) is 0.171. The lowest BCUT2D eigenvalue weighted by molar-refractivity contribution is 0.669. The van der Waals surface area contributed by atoms with Crippen molar-refractivity contribution in [3.63, 3.8) is 0 Å². The second kappa shape index (κ2) is 13.3. The molecule has 0 unspecified atom stereocenters. The minimum atomic E-state index is 0.591. The van der Waals surface area contributed by atoms with Crippen LogP contribution in [0.5, 0.6) is 0 Å². The molecule has 262 valence electrons. The third kappa shape index (κ3) is 5.65. The first-order valence-electron chi connectivity index (χ1n) is 18.7. The molecule has 0 amide bonds. The number of hydrogen-bond donors (Lipinski definition) is 0. The molecule has 0 aliphatic carbocycles. The summed E-state index contributed by atoms with van der Waals surface area (Å²) >= 11 is 1.84. The van der Waals surface area contributed by atoms with Crippen molar-refractivity contribution in [1.29, 1.82) is 0 Å². The van der Waals surface area contributed by atoms with E-state index in [0.29, 0.717) is 17.5 Å². The summed E-state index contributed by atoms with van der Waals surface area (Å²) in [5.41, 5.74) is 11.3. The summed E-state index contributed by atoms with van der Waals surface area (Å²) in [4.78, 5) is 15.0. The largest absolute Gasteiger partial charge is 0.456 e. The number of thiophene rings is 1. The van der Waals surface area contributed by atoms with Crippen molar-refractivity contribution in [3.8, 4) is 67.5 Å². The molecule has 8 aromatic carbocycles. The highest BCUT2D eigenvalue weighted by atomic mass is 32.1. The molecular formula is C51H31N3OS. The lowest BCUT2D eigenvalue weighted by Crippen LogP contribution is -2.00. The van der Waals surface area contributed by atoms with Crippen LogP contribution in [0.2, 0.25) is 0 Å². The minimum absolute atomic E-state index is 0.591. The molecule has 0 atom stereocenters. The Morgan fingerprint density at radius 2 is 0.768 bits per heavy atom. The Labute approximate surface area is 327 Å². The van der Waals surface area contributed by atoms with Gasteiger partial charge in [-0.05, 0) is 75.8 Å². The molecule has 0 N–H and O–H groups in total. The number of benzene rings is 8. The van der Waals surface area contributed by atoms with E-state index in [2.05, 4.69) is 152 Å². The summed E-state index contributed by atoms with van der Waals surface area (Å²) in [6.45, 7) is 0. The maximum absolute atomic E-state index is 6.67. The van der Waals surface area contributed by atoms with Gasteiger partial charge in [0.25, 0.3) is 0 Å². The summed E-state index contributed by atoms with van der Waals surface area (Å²) in [6, 6.07) is 65.7. The second-order valence-corrected chi connectivity index (χ2v) is 15.1. The zero-order valence-electron chi connectivity index (χ0n) is 30.1. The molecular weight excluding hydrogens is 703 g/mol. The van der Waals surface area contributed by atoms with Gasteiger partial charge in [-0.25, -0.2) is 15.0 Å². The van der Waals surface area contributed by atoms with E-state index in [-0.39, 0.29) is 0 Å². The Bertz CT molecular complexity index is 3230. The predicted molar refractivity (Wildman–Crippen MR) is 233 cm³/mol. The van der Waals surface area contributed by atoms with Crippen molar-refractivity contribution in [2.45, 2.75) is 0 Å². The van der Waals surface area contributed by atoms with Crippen LogP contribution in [0.3, 0.4) is 0 Å². The lowest BCUT2D eigenvalue weighted by Gasteiger charge is -2.11. The van der Waals surface area contributed by atoms with Crippen LogP contribution in [0.25, 0.3) is 110 Å². The molecule has 0 fully saturated rings. The van der Waals surface area contributed by atoms with E-state index in [1.165, 1.54) is 42.4 Å². The number of furan rings is 1. The van der Waals surface area contributed by atoms with Crippen LogP contribution in [0.1, 0.15) is 0 Å². The molecule has 0 spiro atoms. The van der Waals surface area contributed by atoms with Gasteiger partial charge in [0, 0.05) is 47.6 Å². The maximum atomic E-state index is 6.67. The van der Waals surface area contributed by atoms with Crippen LogP contribution < -0.4 is 0 Å². The van der Waals surface area contributed by atoms with Gasteiger partial charge in [0.05, 0.1) is 0 Å². The Kier molecular flexibility index (Phi) is 7.64. The molecule has 3 heterocycles.